The number of rotatable bonds is 5. The van der Waals surface area contributed by atoms with E-state index in [-0.39, 0.29) is 6.10 Å². The van der Waals surface area contributed by atoms with E-state index in [1.165, 1.54) is 0 Å². The summed E-state index contributed by atoms with van der Waals surface area (Å²) in [6.07, 6.45) is 2.53. The molecule has 1 unspecified atom stereocenters. The van der Waals surface area contributed by atoms with Crippen LogP contribution in [0.4, 0.5) is 0 Å². The van der Waals surface area contributed by atoms with E-state index < -0.39 is 0 Å². The predicted molar refractivity (Wildman–Crippen MR) is 70.8 cm³/mol. The van der Waals surface area contributed by atoms with Gasteiger partial charge in [-0.3, -0.25) is 0 Å². The lowest BCUT2D eigenvalue weighted by atomic mass is 10.2. The second-order valence-corrected chi connectivity index (χ2v) is 4.45. The van der Waals surface area contributed by atoms with Gasteiger partial charge < -0.3 is 19.9 Å². The van der Waals surface area contributed by atoms with Gasteiger partial charge in [0, 0.05) is 19.7 Å². The Morgan fingerprint density at radius 1 is 1.47 bits per heavy atom. The van der Waals surface area contributed by atoms with Crippen LogP contribution in [-0.2, 0) is 11.3 Å². The first-order chi connectivity index (χ1) is 9.28. The minimum atomic E-state index is 0.287. The quantitative estimate of drug-likeness (QED) is 0.600. The molecule has 7 nitrogen and oxygen atoms in total. The average Bonchev–Trinajstić information content (AvgIpc) is 3.04. The lowest BCUT2D eigenvalue weighted by Crippen LogP contribution is -2.41. The van der Waals surface area contributed by atoms with Crippen molar-refractivity contribution in [2.24, 2.45) is 4.99 Å². The molecule has 1 aliphatic rings. The summed E-state index contributed by atoms with van der Waals surface area (Å²) in [5.74, 6) is 1.89. The largest absolute Gasteiger partial charge is 0.376 e. The summed E-state index contributed by atoms with van der Waals surface area (Å²) in [5, 5.41) is 10.2. The van der Waals surface area contributed by atoms with E-state index in [1.54, 1.807) is 6.92 Å². The monoisotopic (exact) mass is 267 g/mol. The Bertz CT molecular complexity index is 412. The molecule has 2 N–H and O–H groups in total. The predicted octanol–water partition coefficient (Wildman–Crippen LogP) is 0.612. The Kier molecular flexibility index (Phi) is 5.14. The summed E-state index contributed by atoms with van der Waals surface area (Å²) in [5.41, 5.74) is 0. The van der Waals surface area contributed by atoms with Gasteiger partial charge in [0.25, 0.3) is 0 Å². The molecular weight excluding hydrogens is 246 g/mol. The van der Waals surface area contributed by atoms with Gasteiger partial charge in [-0.15, -0.1) is 0 Å². The van der Waals surface area contributed by atoms with Crippen LogP contribution in [0.3, 0.4) is 0 Å². The van der Waals surface area contributed by atoms with E-state index in [4.69, 9.17) is 9.26 Å². The molecule has 1 saturated heterocycles. The van der Waals surface area contributed by atoms with E-state index in [0.29, 0.717) is 18.3 Å². The minimum absolute atomic E-state index is 0.287. The molecule has 7 heteroatoms. The van der Waals surface area contributed by atoms with Gasteiger partial charge in [0.15, 0.2) is 11.8 Å². The van der Waals surface area contributed by atoms with Crippen LogP contribution >= 0.6 is 0 Å². The summed E-state index contributed by atoms with van der Waals surface area (Å²) < 4.78 is 10.6. The molecule has 0 radical (unpaired) electrons. The van der Waals surface area contributed by atoms with Crippen LogP contribution in [-0.4, -0.2) is 41.9 Å². The highest BCUT2D eigenvalue weighted by molar-refractivity contribution is 5.79. The molecule has 1 fully saturated rings. The van der Waals surface area contributed by atoms with Crippen molar-refractivity contribution in [3.63, 3.8) is 0 Å². The van der Waals surface area contributed by atoms with Gasteiger partial charge in [-0.25, -0.2) is 4.99 Å². The fraction of sp³-hybridized carbons (Fsp3) is 0.750. The summed E-state index contributed by atoms with van der Waals surface area (Å²) in [6, 6.07) is 0. The van der Waals surface area contributed by atoms with Crippen molar-refractivity contribution in [1.29, 1.82) is 0 Å². The standard InChI is InChI=1S/C12H21N5O2/c1-3-13-12(14-7-10-5-4-6-18-10)15-8-11-16-9(2)17-19-11/h10H,3-8H2,1-2H3,(H2,13,14,15). The first kappa shape index (κ1) is 13.8. The molecular formula is C12H21N5O2. The van der Waals surface area contributed by atoms with Gasteiger partial charge in [0.05, 0.1) is 6.10 Å². The van der Waals surface area contributed by atoms with E-state index in [2.05, 4.69) is 25.8 Å². The van der Waals surface area contributed by atoms with Crippen LogP contribution in [0, 0.1) is 6.92 Å². The van der Waals surface area contributed by atoms with Gasteiger partial charge in [0.2, 0.25) is 5.89 Å². The SMILES string of the molecule is CCNC(=NCc1nc(C)no1)NCC1CCCO1. The number of ether oxygens (including phenoxy) is 1. The number of aryl methyl sites for hydroxylation is 1. The lowest BCUT2D eigenvalue weighted by Gasteiger charge is -2.14. The topological polar surface area (TPSA) is 84.6 Å². The van der Waals surface area contributed by atoms with E-state index in [1.807, 2.05) is 6.92 Å². The van der Waals surface area contributed by atoms with Crippen molar-refractivity contribution >= 4 is 5.96 Å². The Morgan fingerprint density at radius 3 is 3.00 bits per heavy atom. The number of guanidine groups is 1. The maximum atomic E-state index is 5.56. The number of nitrogens with one attached hydrogen (secondary N) is 2. The zero-order valence-electron chi connectivity index (χ0n) is 11.5. The summed E-state index contributed by atoms with van der Waals surface area (Å²) in [4.78, 5) is 8.52. The summed E-state index contributed by atoms with van der Waals surface area (Å²) in [6.45, 7) is 6.63. The Labute approximate surface area is 112 Å². The smallest absolute Gasteiger partial charge is 0.248 e. The molecule has 0 bridgehead atoms. The molecule has 0 saturated carbocycles. The van der Waals surface area contributed by atoms with Crippen molar-refractivity contribution < 1.29 is 9.26 Å². The fourth-order valence-electron chi connectivity index (χ4n) is 1.91. The van der Waals surface area contributed by atoms with Crippen molar-refractivity contribution in [2.45, 2.75) is 39.3 Å². The molecule has 2 heterocycles. The number of aliphatic imine (C=N–C) groups is 1. The third kappa shape index (κ3) is 4.51. The van der Waals surface area contributed by atoms with Crippen molar-refractivity contribution in [3.8, 4) is 0 Å². The molecule has 0 aromatic carbocycles. The third-order valence-corrected chi connectivity index (χ3v) is 2.81. The maximum Gasteiger partial charge on any atom is 0.248 e. The zero-order valence-corrected chi connectivity index (χ0v) is 11.5. The highest BCUT2D eigenvalue weighted by atomic mass is 16.5. The van der Waals surface area contributed by atoms with Crippen LogP contribution in [0.15, 0.2) is 9.52 Å². The molecule has 1 aliphatic heterocycles. The molecule has 1 aromatic rings. The van der Waals surface area contributed by atoms with Crippen LogP contribution < -0.4 is 10.6 Å². The fourth-order valence-corrected chi connectivity index (χ4v) is 1.91. The minimum Gasteiger partial charge on any atom is -0.376 e. The third-order valence-electron chi connectivity index (χ3n) is 2.81. The van der Waals surface area contributed by atoms with Gasteiger partial charge in [0.1, 0.15) is 6.54 Å². The van der Waals surface area contributed by atoms with Crippen LogP contribution in [0.2, 0.25) is 0 Å². The molecule has 1 atom stereocenters. The summed E-state index contributed by atoms with van der Waals surface area (Å²) in [7, 11) is 0. The highest BCUT2D eigenvalue weighted by Crippen LogP contribution is 2.10. The zero-order chi connectivity index (χ0) is 13.5. The molecule has 106 valence electrons. The highest BCUT2D eigenvalue weighted by Gasteiger charge is 2.15. The average molecular weight is 267 g/mol. The maximum absolute atomic E-state index is 5.56. The second-order valence-electron chi connectivity index (χ2n) is 4.45. The van der Waals surface area contributed by atoms with E-state index >= 15 is 0 Å². The van der Waals surface area contributed by atoms with Crippen LogP contribution in [0.25, 0.3) is 0 Å². The van der Waals surface area contributed by atoms with Crippen molar-refractivity contribution in [3.05, 3.63) is 11.7 Å². The normalized spacial score (nSPS) is 19.7. The van der Waals surface area contributed by atoms with Gasteiger partial charge in [-0.1, -0.05) is 5.16 Å². The van der Waals surface area contributed by atoms with Gasteiger partial charge in [-0.2, -0.15) is 4.98 Å². The first-order valence-corrected chi connectivity index (χ1v) is 6.71. The lowest BCUT2D eigenvalue weighted by molar-refractivity contribution is 0.114. The second kappa shape index (κ2) is 7.08. The Morgan fingerprint density at radius 2 is 2.37 bits per heavy atom. The Balaban J connectivity index is 1.83. The first-order valence-electron chi connectivity index (χ1n) is 6.71. The number of hydrogen-bond acceptors (Lipinski definition) is 5. The molecule has 19 heavy (non-hydrogen) atoms. The number of nitrogens with zero attached hydrogens (tertiary/aromatic N) is 3. The Hall–Kier alpha value is -1.63. The van der Waals surface area contributed by atoms with Crippen molar-refractivity contribution in [1.82, 2.24) is 20.8 Å². The van der Waals surface area contributed by atoms with Crippen LogP contribution in [0.1, 0.15) is 31.5 Å². The number of hydrogen-bond donors (Lipinski definition) is 2. The molecule has 0 amide bonds. The molecule has 1 aromatic heterocycles. The molecule has 2 rings (SSSR count). The van der Waals surface area contributed by atoms with E-state index in [0.717, 1.165) is 38.5 Å². The van der Waals surface area contributed by atoms with Crippen LogP contribution in [0.5, 0.6) is 0 Å². The van der Waals surface area contributed by atoms with Crippen molar-refractivity contribution in [2.75, 3.05) is 19.7 Å². The molecule has 0 spiro atoms. The van der Waals surface area contributed by atoms with E-state index in [9.17, 15) is 0 Å². The molecule has 0 aliphatic carbocycles. The van der Waals surface area contributed by atoms with Gasteiger partial charge in [-0.05, 0) is 26.7 Å². The summed E-state index contributed by atoms with van der Waals surface area (Å²) >= 11 is 0. The number of aromatic nitrogens is 2. The van der Waals surface area contributed by atoms with Gasteiger partial charge >= 0.3 is 0 Å².